The summed E-state index contributed by atoms with van der Waals surface area (Å²) in [6.45, 7) is 8.88. The van der Waals surface area contributed by atoms with Crippen LogP contribution in [0.1, 0.15) is 59.8 Å². The minimum atomic E-state index is -0.332. The summed E-state index contributed by atoms with van der Waals surface area (Å²) in [5, 5.41) is 2.84. The average molecular weight is 254 g/mol. The van der Waals surface area contributed by atoms with E-state index in [-0.39, 0.29) is 23.4 Å². The van der Waals surface area contributed by atoms with Crippen LogP contribution in [-0.4, -0.2) is 34.8 Å². The minimum absolute atomic E-state index is 0.00315. The summed E-state index contributed by atoms with van der Waals surface area (Å²) in [5.74, 6) is 0.0812. The molecule has 0 spiro atoms. The second kappa shape index (κ2) is 6.21. The molecular weight excluding hydrogens is 228 g/mol. The topological polar surface area (TPSA) is 49.4 Å². The Morgan fingerprint density at radius 3 is 2.50 bits per heavy atom. The number of carbonyl (C=O) groups excluding carboxylic acids is 2. The van der Waals surface area contributed by atoms with Crippen molar-refractivity contribution in [2.75, 3.05) is 6.54 Å². The Hall–Kier alpha value is -1.06. The highest BCUT2D eigenvalue weighted by atomic mass is 16.2. The van der Waals surface area contributed by atoms with E-state index in [1.165, 1.54) is 0 Å². The summed E-state index contributed by atoms with van der Waals surface area (Å²) in [4.78, 5) is 26.1. The van der Waals surface area contributed by atoms with Crippen LogP contribution in [0.2, 0.25) is 0 Å². The first-order valence-electron chi connectivity index (χ1n) is 7.03. The van der Waals surface area contributed by atoms with Crippen molar-refractivity contribution in [1.29, 1.82) is 0 Å². The zero-order valence-corrected chi connectivity index (χ0v) is 12.1. The Kier molecular flexibility index (Phi) is 5.17. The normalized spacial score (nSPS) is 21.8. The van der Waals surface area contributed by atoms with Crippen molar-refractivity contribution in [3.63, 3.8) is 0 Å². The molecule has 1 unspecified atom stereocenters. The van der Waals surface area contributed by atoms with Gasteiger partial charge in [0.1, 0.15) is 6.04 Å². The Morgan fingerprint density at radius 2 is 1.94 bits per heavy atom. The van der Waals surface area contributed by atoms with E-state index < -0.39 is 0 Å². The maximum Gasteiger partial charge on any atom is 0.245 e. The molecule has 4 nitrogen and oxygen atoms in total. The largest absolute Gasteiger partial charge is 0.344 e. The van der Waals surface area contributed by atoms with E-state index in [0.717, 1.165) is 25.7 Å². The Balaban J connectivity index is 2.89. The third-order valence-corrected chi connectivity index (χ3v) is 3.63. The van der Waals surface area contributed by atoms with E-state index in [4.69, 9.17) is 0 Å². The van der Waals surface area contributed by atoms with Gasteiger partial charge in [0.15, 0.2) is 0 Å². The van der Waals surface area contributed by atoms with E-state index >= 15 is 0 Å². The molecule has 0 aromatic carbocycles. The molecule has 4 heteroatoms. The van der Waals surface area contributed by atoms with Gasteiger partial charge in [0.2, 0.25) is 11.8 Å². The average Bonchev–Trinajstić information content (AvgIpc) is 2.40. The van der Waals surface area contributed by atoms with Crippen LogP contribution in [-0.2, 0) is 9.59 Å². The summed E-state index contributed by atoms with van der Waals surface area (Å²) < 4.78 is 0. The molecule has 2 amide bonds. The predicted octanol–water partition coefficient (Wildman–Crippen LogP) is 2.08. The standard InChI is InChI=1S/C14H26N2O2/c1-5-7-11-13(18)16(10-8-12(17)15-11)14(3,4)9-6-2/h11H,5-10H2,1-4H3,(H,15,17). The van der Waals surface area contributed by atoms with Gasteiger partial charge in [0.25, 0.3) is 0 Å². The lowest BCUT2D eigenvalue weighted by atomic mass is 9.95. The highest BCUT2D eigenvalue weighted by Gasteiger charge is 2.36. The summed E-state index contributed by atoms with van der Waals surface area (Å²) in [6.07, 6.45) is 4.05. The van der Waals surface area contributed by atoms with E-state index in [1.54, 1.807) is 0 Å². The summed E-state index contributed by atoms with van der Waals surface area (Å²) in [5.41, 5.74) is -0.163. The molecule has 0 radical (unpaired) electrons. The molecule has 1 N–H and O–H groups in total. The van der Waals surface area contributed by atoms with Gasteiger partial charge in [0, 0.05) is 18.5 Å². The van der Waals surface area contributed by atoms with Crippen molar-refractivity contribution in [3.8, 4) is 0 Å². The number of carbonyl (C=O) groups is 2. The van der Waals surface area contributed by atoms with E-state index in [9.17, 15) is 9.59 Å². The summed E-state index contributed by atoms with van der Waals surface area (Å²) in [7, 11) is 0. The lowest BCUT2D eigenvalue weighted by Crippen LogP contribution is -2.53. The Bertz CT molecular complexity index is 313. The number of hydrogen-bond donors (Lipinski definition) is 1. The van der Waals surface area contributed by atoms with Gasteiger partial charge < -0.3 is 10.2 Å². The lowest BCUT2D eigenvalue weighted by molar-refractivity contribution is -0.138. The van der Waals surface area contributed by atoms with Gasteiger partial charge >= 0.3 is 0 Å². The van der Waals surface area contributed by atoms with Gasteiger partial charge in [-0.2, -0.15) is 0 Å². The summed E-state index contributed by atoms with van der Waals surface area (Å²) >= 11 is 0. The van der Waals surface area contributed by atoms with Crippen LogP contribution in [0.4, 0.5) is 0 Å². The lowest BCUT2D eigenvalue weighted by Gasteiger charge is -2.39. The van der Waals surface area contributed by atoms with Crippen LogP contribution in [0.5, 0.6) is 0 Å². The van der Waals surface area contributed by atoms with Gasteiger partial charge in [-0.15, -0.1) is 0 Å². The molecule has 0 aliphatic carbocycles. The molecular formula is C14H26N2O2. The highest BCUT2D eigenvalue weighted by molar-refractivity contribution is 5.90. The van der Waals surface area contributed by atoms with Crippen molar-refractivity contribution >= 4 is 11.8 Å². The van der Waals surface area contributed by atoms with Crippen LogP contribution in [0, 0.1) is 0 Å². The Labute approximate surface area is 110 Å². The number of hydrogen-bond acceptors (Lipinski definition) is 2. The van der Waals surface area contributed by atoms with Crippen LogP contribution < -0.4 is 5.32 Å². The number of amides is 2. The zero-order chi connectivity index (χ0) is 13.8. The van der Waals surface area contributed by atoms with Gasteiger partial charge in [-0.1, -0.05) is 26.7 Å². The molecule has 1 fully saturated rings. The zero-order valence-electron chi connectivity index (χ0n) is 12.1. The molecule has 0 aromatic heterocycles. The number of rotatable bonds is 5. The van der Waals surface area contributed by atoms with Crippen LogP contribution in [0.15, 0.2) is 0 Å². The monoisotopic (exact) mass is 254 g/mol. The van der Waals surface area contributed by atoms with Gasteiger partial charge in [-0.25, -0.2) is 0 Å². The van der Waals surface area contributed by atoms with E-state index in [2.05, 4.69) is 26.1 Å². The first-order chi connectivity index (χ1) is 8.42. The maximum absolute atomic E-state index is 12.5. The van der Waals surface area contributed by atoms with Crippen molar-refractivity contribution < 1.29 is 9.59 Å². The quantitative estimate of drug-likeness (QED) is 0.816. The smallest absolute Gasteiger partial charge is 0.245 e. The van der Waals surface area contributed by atoms with Crippen molar-refractivity contribution in [2.24, 2.45) is 0 Å². The van der Waals surface area contributed by atoms with Crippen molar-refractivity contribution in [2.45, 2.75) is 71.4 Å². The first-order valence-corrected chi connectivity index (χ1v) is 7.03. The third kappa shape index (κ3) is 3.47. The second-order valence-electron chi connectivity index (χ2n) is 5.71. The molecule has 1 aliphatic rings. The molecule has 104 valence electrons. The van der Waals surface area contributed by atoms with Gasteiger partial charge in [0.05, 0.1) is 0 Å². The minimum Gasteiger partial charge on any atom is -0.344 e. The molecule has 1 rings (SSSR count). The van der Waals surface area contributed by atoms with Crippen molar-refractivity contribution in [3.05, 3.63) is 0 Å². The molecule has 1 atom stereocenters. The maximum atomic E-state index is 12.5. The van der Waals surface area contributed by atoms with Crippen LogP contribution >= 0.6 is 0 Å². The fraction of sp³-hybridized carbons (Fsp3) is 0.857. The predicted molar refractivity (Wildman–Crippen MR) is 72.2 cm³/mol. The molecule has 1 saturated heterocycles. The first kappa shape index (κ1) is 15.0. The van der Waals surface area contributed by atoms with Gasteiger partial charge in [-0.05, 0) is 26.7 Å². The molecule has 0 bridgehead atoms. The molecule has 0 aromatic rings. The fourth-order valence-corrected chi connectivity index (χ4v) is 2.67. The van der Waals surface area contributed by atoms with Crippen molar-refractivity contribution in [1.82, 2.24) is 10.2 Å². The van der Waals surface area contributed by atoms with E-state index in [1.807, 2.05) is 11.8 Å². The third-order valence-electron chi connectivity index (χ3n) is 3.63. The fourth-order valence-electron chi connectivity index (χ4n) is 2.67. The number of nitrogens with one attached hydrogen (secondary N) is 1. The van der Waals surface area contributed by atoms with Crippen LogP contribution in [0.3, 0.4) is 0 Å². The second-order valence-corrected chi connectivity index (χ2v) is 5.71. The highest BCUT2D eigenvalue weighted by Crippen LogP contribution is 2.24. The molecule has 18 heavy (non-hydrogen) atoms. The summed E-state index contributed by atoms with van der Waals surface area (Å²) in [6, 6.07) is -0.332. The SMILES string of the molecule is CCCC1NC(=O)CCN(C(C)(C)CCC)C1=O. The Morgan fingerprint density at radius 1 is 1.28 bits per heavy atom. The van der Waals surface area contributed by atoms with Gasteiger partial charge in [-0.3, -0.25) is 9.59 Å². The molecule has 1 heterocycles. The molecule has 1 aliphatic heterocycles. The van der Waals surface area contributed by atoms with Crippen LogP contribution in [0.25, 0.3) is 0 Å². The van der Waals surface area contributed by atoms with E-state index in [0.29, 0.717) is 13.0 Å². The number of nitrogens with zero attached hydrogens (tertiary/aromatic N) is 1. The molecule has 0 saturated carbocycles.